The normalized spacial score (nSPS) is 15.8. The van der Waals surface area contributed by atoms with Crippen molar-refractivity contribution in [2.45, 2.75) is 24.7 Å². The summed E-state index contributed by atoms with van der Waals surface area (Å²) in [5, 5.41) is 4.84. The van der Waals surface area contributed by atoms with E-state index in [9.17, 15) is 0 Å². The molecule has 0 fully saturated rings. The third kappa shape index (κ3) is 4.84. The van der Waals surface area contributed by atoms with Crippen LogP contribution in [0.4, 0.5) is 17.1 Å². The first-order chi connectivity index (χ1) is 33.0. The highest BCUT2D eigenvalue weighted by atomic mass is 32.1. The summed E-state index contributed by atoms with van der Waals surface area (Å²) < 4.78 is 9.56. The summed E-state index contributed by atoms with van der Waals surface area (Å²) in [7, 11) is 0. The van der Waals surface area contributed by atoms with Gasteiger partial charge in [0, 0.05) is 47.7 Å². The van der Waals surface area contributed by atoms with Gasteiger partial charge in [0.05, 0.1) is 11.1 Å². The van der Waals surface area contributed by atoms with Gasteiger partial charge in [0.2, 0.25) is 0 Å². The number of rotatable bonds is 3. The lowest BCUT2D eigenvalue weighted by molar-refractivity contribution is 0.660. The molecule has 10 aromatic carbocycles. The fourth-order valence-corrected chi connectivity index (χ4v) is 13.7. The Labute approximate surface area is 392 Å². The molecular weight excluding hydrogens is 831 g/mol. The number of nitrogens with zero attached hydrogens (tertiary/aromatic N) is 1. The zero-order chi connectivity index (χ0) is 44.2. The SMILES string of the molecule is CC1(C)c2ccccc2-c2ccc(N(c3ccc4c(c3)C3(c5ccccc5-c5ccccc5-4)c4ccccc4-c4cc5sc6ccccc6c5cc43)c3cccc4c3oc3ccccc34)cc21. The summed E-state index contributed by atoms with van der Waals surface area (Å²) in [5.74, 6) is 0. The molecule has 3 aliphatic rings. The fourth-order valence-electron chi connectivity index (χ4n) is 12.6. The van der Waals surface area contributed by atoms with Gasteiger partial charge >= 0.3 is 0 Å². The van der Waals surface area contributed by atoms with Crippen LogP contribution in [0.1, 0.15) is 47.2 Å². The molecule has 0 aliphatic heterocycles. The Balaban J connectivity index is 1.08. The molecule has 2 aromatic heterocycles. The van der Waals surface area contributed by atoms with Gasteiger partial charge in [-0.1, -0.05) is 172 Å². The van der Waals surface area contributed by atoms with Crippen LogP contribution in [0.25, 0.3) is 86.6 Å². The van der Waals surface area contributed by atoms with Gasteiger partial charge in [0.15, 0.2) is 5.58 Å². The lowest BCUT2D eigenvalue weighted by atomic mass is 9.65. The van der Waals surface area contributed by atoms with Crippen LogP contribution >= 0.6 is 11.3 Å². The molecule has 0 amide bonds. The Bertz CT molecular complexity index is 4110. The molecule has 3 heteroatoms. The Morgan fingerprint density at radius 2 is 0.881 bits per heavy atom. The third-order valence-electron chi connectivity index (χ3n) is 15.5. The highest BCUT2D eigenvalue weighted by Gasteiger charge is 2.50. The number of para-hydroxylation sites is 2. The lowest BCUT2D eigenvalue weighted by Gasteiger charge is -2.36. The van der Waals surface area contributed by atoms with Crippen LogP contribution in [0.15, 0.2) is 217 Å². The Hall–Kier alpha value is -7.98. The van der Waals surface area contributed by atoms with Crippen molar-refractivity contribution in [1.82, 2.24) is 0 Å². The summed E-state index contributed by atoms with van der Waals surface area (Å²) in [6, 6.07) is 79.8. The standard InChI is InChI=1S/C64H41NOS/c1-63(2)52-24-10-5-19-43(52)46-33-31-38(34-55(46)63)65(58-27-15-23-49-47-21-8-13-28-59(47)66-62(49)58)39-30-32-45-41-17-4-3-16-40(41)42-18-6-11-25-53(42)64(56(45)35-39)54-26-12-7-20-44(54)50-37-61-51(36-57(50)64)48-22-9-14-29-60(48)67-61/h3-37H,1-2H3. The number of anilines is 3. The molecular formula is C64H41NOS. The average Bonchev–Trinajstić information content (AvgIpc) is 4.07. The van der Waals surface area contributed by atoms with E-state index < -0.39 is 5.41 Å². The minimum absolute atomic E-state index is 0.182. The van der Waals surface area contributed by atoms with E-state index in [1.54, 1.807) is 0 Å². The van der Waals surface area contributed by atoms with E-state index >= 15 is 0 Å². The highest BCUT2D eigenvalue weighted by molar-refractivity contribution is 7.25. The van der Waals surface area contributed by atoms with Gasteiger partial charge in [-0.15, -0.1) is 11.3 Å². The summed E-state index contributed by atoms with van der Waals surface area (Å²) >= 11 is 1.90. The first-order valence-corrected chi connectivity index (χ1v) is 24.1. The molecule has 2 nitrogen and oxygen atoms in total. The molecule has 15 rings (SSSR count). The van der Waals surface area contributed by atoms with Gasteiger partial charge in [-0.3, -0.25) is 0 Å². The summed E-state index contributed by atoms with van der Waals surface area (Å²) in [5.41, 5.74) is 22.2. The van der Waals surface area contributed by atoms with Gasteiger partial charge in [-0.05, 0) is 132 Å². The molecule has 0 saturated carbocycles. The molecule has 2 heterocycles. The molecule has 12 aromatic rings. The van der Waals surface area contributed by atoms with E-state index in [1.807, 2.05) is 11.3 Å². The monoisotopic (exact) mass is 871 g/mol. The maximum atomic E-state index is 6.93. The number of fused-ring (bicyclic) bond motifs is 21. The van der Waals surface area contributed by atoms with Gasteiger partial charge in [0.1, 0.15) is 5.58 Å². The van der Waals surface area contributed by atoms with E-state index in [4.69, 9.17) is 4.42 Å². The number of benzene rings is 10. The van der Waals surface area contributed by atoms with E-state index in [0.717, 1.165) is 39.0 Å². The van der Waals surface area contributed by atoms with Crippen molar-refractivity contribution in [3.8, 4) is 44.5 Å². The Kier molecular flexibility index (Phi) is 7.41. The number of thiophene rings is 1. The first-order valence-electron chi connectivity index (χ1n) is 23.3. The van der Waals surface area contributed by atoms with Crippen LogP contribution in [0.5, 0.6) is 0 Å². The second-order valence-corrected chi connectivity index (χ2v) is 20.2. The summed E-state index contributed by atoms with van der Waals surface area (Å²) in [6.45, 7) is 4.74. The molecule has 314 valence electrons. The van der Waals surface area contributed by atoms with Crippen LogP contribution in [-0.2, 0) is 10.8 Å². The van der Waals surface area contributed by atoms with Crippen molar-refractivity contribution in [3.63, 3.8) is 0 Å². The zero-order valence-corrected chi connectivity index (χ0v) is 37.8. The van der Waals surface area contributed by atoms with Crippen LogP contribution in [0, 0.1) is 0 Å². The second-order valence-electron chi connectivity index (χ2n) is 19.1. The molecule has 0 saturated heterocycles. The lowest BCUT2D eigenvalue weighted by Crippen LogP contribution is -2.29. The van der Waals surface area contributed by atoms with Gasteiger partial charge in [-0.2, -0.15) is 0 Å². The Morgan fingerprint density at radius 3 is 1.61 bits per heavy atom. The first kappa shape index (κ1) is 37.3. The van der Waals surface area contributed by atoms with Gasteiger partial charge in [-0.25, -0.2) is 0 Å². The van der Waals surface area contributed by atoms with Crippen molar-refractivity contribution in [1.29, 1.82) is 0 Å². The van der Waals surface area contributed by atoms with E-state index in [0.29, 0.717) is 0 Å². The number of hydrogen-bond acceptors (Lipinski definition) is 3. The van der Waals surface area contributed by atoms with Crippen molar-refractivity contribution in [3.05, 3.63) is 246 Å². The molecule has 0 bridgehead atoms. The minimum Gasteiger partial charge on any atom is -0.454 e. The maximum absolute atomic E-state index is 6.93. The molecule has 3 aliphatic carbocycles. The zero-order valence-electron chi connectivity index (χ0n) is 37.0. The van der Waals surface area contributed by atoms with E-state index in [2.05, 4.69) is 231 Å². The van der Waals surface area contributed by atoms with Crippen molar-refractivity contribution in [2.24, 2.45) is 0 Å². The van der Waals surface area contributed by atoms with Gasteiger partial charge < -0.3 is 9.32 Å². The smallest absolute Gasteiger partial charge is 0.159 e. The summed E-state index contributed by atoms with van der Waals surface area (Å²) in [4.78, 5) is 2.47. The topological polar surface area (TPSA) is 16.4 Å². The fraction of sp³-hybridized carbons (Fsp3) is 0.0625. The molecule has 1 spiro atoms. The molecule has 1 unspecified atom stereocenters. The van der Waals surface area contributed by atoms with E-state index in [-0.39, 0.29) is 5.41 Å². The predicted molar refractivity (Wildman–Crippen MR) is 281 cm³/mol. The van der Waals surface area contributed by atoms with Crippen molar-refractivity contribution in [2.75, 3.05) is 4.90 Å². The number of furan rings is 1. The molecule has 1 atom stereocenters. The van der Waals surface area contributed by atoms with E-state index in [1.165, 1.54) is 98.1 Å². The minimum atomic E-state index is -0.664. The van der Waals surface area contributed by atoms with Gasteiger partial charge in [0.25, 0.3) is 0 Å². The van der Waals surface area contributed by atoms with Crippen LogP contribution in [0.3, 0.4) is 0 Å². The van der Waals surface area contributed by atoms with Crippen molar-refractivity contribution < 1.29 is 4.42 Å². The average molecular weight is 872 g/mol. The molecule has 67 heavy (non-hydrogen) atoms. The van der Waals surface area contributed by atoms with Crippen LogP contribution in [0.2, 0.25) is 0 Å². The second kappa shape index (κ2) is 13.3. The van der Waals surface area contributed by atoms with Crippen LogP contribution in [-0.4, -0.2) is 0 Å². The highest BCUT2D eigenvalue weighted by Crippen LogP contribution is 2.63. The maximum Gasteiger partial charge on any atom is 0.159 e. The summed E-state index contributed by atoms with van der Waals surface area (Å²) in [6.07, 6.45) is 0. The number of hydrogen-bond donors (Lipinski definition) is 0. The van der Waals surface area contributed by atoms with Crippen LogP contribution < -0.4 is 4.90 Å². The largest absolute Gasteiger partial charge is 0.454 e. The predicted octanol–water partition coefficient (Wildman–Crippen LogP) is 17.7. The van der Waals surface area contributed by atoms with Crippen molar-refractivity contribution >= 4 is 70.5 Å². The molecule has 0 radical (unpaired) electrons. The quantitative estimate of drug-likeness (QED) is 0.176. The molecule has 0 N–H and O–H groups in total. The third-order valence-corrected chi connectivity index (χ3v) is 16.6. The Morgan fingerprint density at radius 1 is 0.358 bits per heavy atom.